The molecular weight excluding hydrogens is 428 g/mol. The van der Waals surface area contributed by atoms with Gasteiger partial charge in [0.2, 0.25) is 5.82 Å². The SMILES string of the molecule is CC(C)n1c(=O)c2c(-c3nc(-c4ccc(F)cc4F)no3)ncn2c2cccc(Cl)c21. The molecule has 0 fully saturated rings. The molecular formula is C21H14ClF2N5O2. The van der Waals surface area contributed by atoms with Gasteiger partial charge in [-0.3, -0.25) is 9.20 Å². The van der Waals surface area contributed by atoms with Gasteiger partial charge in [0, 0.05) is 12.1 Å². The fraction of sp³-hybridized carbons (Fsp3) is 0.143. The van der Waals surface area contributed by atoms with Gasteiger partial charge >= 0.3 is 0 Å². The number of para-hydroxylation sites is 1. The molecule has 3 aromatic heterocycles. The maximum atomic E-state index is 14.1. The zero-order valence-corrected chi connectivity index (χ0v) is 17.1. The molecule has 156 valence electrons. The predicted molar refractivity (Wildman–Crippen MR) is 111 cm³/mol. The van der Waals surface area contributed by atoms with Gasteiger partial charge in [-0.05, 0) is 38.1 Å². The molecule has 0 unspecified atom stereocenters. The summed E-state index contributed by atoms with van der Waals surface area (Å²) in [6, 6.07) is 8.17. The van der Waals surface area contributed by atoms with Gasteiger partial charge < -0.3 is 9.09 Å². The second-order valence-electron chi connectivity index (χ2n) is 7.24. The first-order valence-corrected chi connectivity index (χ1v) is 9.74. The molecule has 0 saturated heterocycles. The van der Waals surface area contributed by atoms with Gasteiger partial charge in [0.15, 0.2) is 5.69 Å². The van der Waals surface area contributed by atoms with Crippen LogP contribution in [0.3, 0.4) is 0 Å². The van der Waals surface area contributed by atoms with Crippen molar-refractivity contribution >= 4 is 28.2 Å². The third kappa shape index (κ3) is 2.92. The second-order valence-corrected chi connectivity index (χ2v) is 7.64. The van der Waals surface area contributed by atoms with E-state index in [9.17, 15) is 13.6 Å². The Labute approximate surface area is 178 Å². The number of nitrogens with zero attached hydrogens (tertiary/aromatic N) is 5. The van der Waals surface area contributed by atoms with Gasteiger partial charge in [-0.2, -0.15) is 4.98 Å². The molecule has 3 heterocycles. The van der Waals surface area contributed by atoms with Gasteiger partial charge in [-0.15, -0.1) is 0 Å². The van der Waals surface area contributed by atoms with Crippen LogP contribution in [0.5, 0.6) is 0 Å². The van der Waals surface area contributed by atoms with Crippen molar-refractivity contribution in [2.45, 2.75) is 19.9 Å². The molecule has 0 amide bonds. The Hall–Kier alpha value is -3.59. The van der Waals surface area contributed by atoms with Gasteiger partial charge in [0.25, 0.3) is 11.4 Å². The Morgan fingerprint density at radius 3 is 2.68 bits per heavy atom. The summed E-state index contributed by atoms with van der Waals surface area (Å²) in [6.45, 7) is 3.75. The van der Waals surface area contributed by atoms with Crippen molar-refractivity contribution in [2.24, 2.45) is 0 Å². The summed E-state index contributed by atoms with van der Waals surface area (Å²) in [5, 5.41) is 4.21. The standard InChI is InChI=1S/C21H14ClF2N5O2/c1-10(2)29-17-13(22)4-3-5-15(17)28-9-25-16(18(28)21(29)30)20-26-19(27-31-20)12-7-6-11(23)8-14(12)24/h3-10H,1-2H3. The third-order valence-corrected chi connectivity index (χ3v) is 5.28. The van der Waals surface area contributed by atoms with E-state index in [2.05, 4.69) is 15.1 Å². The first kappa shape index (κ1) is 19.4. The van der Waals surface area contributed by atoms with Gasteiger partial charge in [-0.25, -0.2) is 13.8 Å². The van der Waals surface area contributed by atoms with Crippen LogP contribution in [-0.2, 0) is 0 Å². The van der Waals surface area contributed by atoms with Crippen molar-refractivity contribution in [2.75, 3.05) is 0 Å². The second kappa shape index (κ2) is 6.98. The molecule has 5 rings (SSSR count). The van der Waals surface area contributed by atoms with Crippen molar-refractivity contribution in [3.8, 4) is 23.0 Å². The molecule has 7 nitrogen and oxygen atoms in total. The lowest BCUT2D eigenvalue weighted by Gasteiger charge is -2.16. The highest BCUT2D eigenvalue weighted by Gasteiger charge is 2.23. The summed E-state index contributed by atoms with van der Waals surface area (Å²) < 4.78 is 35.8. The van der Waals surface area contributed by atoms with Crippen LogP contribution in [0.2, 0.25) is 5.02 Å². The quantitative estimate of drug-likeness (QED) is 0.399. The Morgan fingerprint density at radius 2 is 1.94 bits per heavy atom. The molecule has 0 saturated carbocycles. The monoisotopic (exact) mass is 441 g/mol. The fourth-order valence-corrected chi connectivity index (χ4v) is 3.90. The normalized spacial score (nSPS) is 11.8. The summed E-state index contributed by atoms with van der Waals surface area (Å²) >= 11 is 6.40. The van der Waals surface area contributed by atoms with E-state index < -0.39 is 11.6 Å². The molecule has 0 bridgehead atoms. The lowest BCUT2D eigenvalue weighted by molar-refractivity contribution is 0.431. The summed E-state index contributed by atoms with van der Waals surface area (Å²) in [5.41, 5.74) is 1.27. The van der Waals surface area contributed by atoms with Gasteiger partial charge in [-0.1, -0.05) is 22.8 Å². The molecule has 31 heavy (non-hydrogen) atoms. The van der Waals surface area contributed by atoms with Crippen LogP contribution in [0.15, 0.2) is 52.0 Å². The van der Waals surface area contributed by atoms with Crippen LogP contribution in [0.1, 0.15) is 19.9 Å². The van der Waals surface area contributed by atoms with E-state index >= 15 is 0 Å². The van der Waals surface area contributed by atoms with Crippen LogP contribution < -0.4 is 5.56 Å². The number of halogens is 3. The van der Waals surface area contributed by atoms with Crippen LogP contribution in [0.25, 0.3) is 39.5 Å². The van der Waals surface area contributed by atoms with Crippen molar-refractivity contribution < 1.29 is 13.3 Å². The highest BCUT2D eigenvalue weighted by Crippen LogP contribution is 2.30. The number of rotatable bonds is 3. The summed E-state index contributed by atoms with van der Waals surface area (Å²) in [6.07, 6.45) is 1.47. The Bertz CT molecular complexity index is 1540. The lowest BCUT2D eigenvalue weighted by atomic mass is 10.2. The minimum Gasteiger partial charge on any atom is -0.332 e. The molecule has 0 aliphatic heterocycles. The molecule has 5 aromatic rings. The van der Waals surface area contributed by atoms with Crippen molar-refractivity contribution in [3.05, 3.63) is 69.7 Å². The zero-order chi connectivity index (χ0) is 21.9. The summed E-state index contributed by atoms with van der Waals surface area (Å²) in [5.74, 6) is -1.69. The first-order valence-electron chi connectivity index (χ1n) is 9.36. The summed E-state index contributed by atoms with van der Waals surface area (Å²) in [7, 11) is 0. The minimum atomic E-state index is -0.829. The number of imidazole rings is 1. The smallest absolute Gasteiger partial charge is 0.279 e. The maximum Gasteiger partial charge on any atom is 0.279 e. The van der Waals surface area contributed by atoms with Gasteiger partial charge in [0.1, 0.15) is 23.5 Å². The third-order valence-electron chi connectivity index (χ3n) is 4.97. The van der Waals surface area contributed by atoms with E-state index in [1.165, 1.54) is 12.4 Å². The number of benzene rings is 2. The average Bonchev–Trinajstić information content (AvgIpc) is 3.36. The average molecular weight is 442 g/mol. The van der Waals surface area contributed by atoms with Crippen LogP contribution in [0, 0.1) is 11.6 Å². The Morgan fingerprint density at radius 1 is 1.13 bits per heavy atom. The van der Waals surface area contributed by atoms with E-state index in [-0.39, 0.29) is 40.1 Å². The first-order chi connectivity index (χ1) is 14.9. The minimum absolute atomic E-state index is 0.0308. The maximum absolute atomic E-state index is 14.1. The molecule has 0 N–H and O–H groups in total. The summed E-state index contributed by atoms with van der Waals surface area (Å²) in [4.78, 5) is 21.9. The molecule has 2 aromatic carbocycles. The molecule has 0 atom stereocenters. The highest BCUT2D eigenvalue weighted by molar-refractivity contribution is 6.35. The molecule has 10 heteroatoms. The van der Waals surface area contributed by atoms with Gasteiger partial charge in [0.05, 0.1) is 21.6 Å². The topological polar surface area (TPSA) is 78.2 Å². The Kier molecular flexibility index (Phi) is 4.37. The van der Waals surface area contributed by atoms with E-state index in [0.717, 1.165) is 12.1 Å². The Balaban J connectivity index is 1.77. The number of hydrogen-bond donors (Lipinski definition) is 0. The van der Waals surface area contributed by atoms with Crippen molar-refractivity contribution in [3.63, 3.8) is 0 Å². The van der Waals surface area contributed by atoms with Crippen molar-refractivity contribution in [1.82, 2.24) is 24.1 Å². The largest absolute Gasteiger partial charge is 0.332 e. The van der Waals surface area contributed by atoms with E-state index in [0.29, 0.717) is 16.1 Å². The number of fused-ring (bicyclic) bond motifs is 3. The fourth-order valence-electron chi connectivity index (χ4n) is 3.64. The van der Waals surface area contributed by atoms with Crippen LogP contribution in [0.4, 0.5) is 8.78 Å². The molecule has 0 spiro atoms. The van der Waals surface area contributed by atoms with Crippen LogP contribution >= 0.6 is 11.6 Å². The number of hydrogen-bond acceptors (Lipinski definition) is 5. The molecule has 0 radical (unpaired) electrons. The van der Waals surface area contributed by atoms with E-state index in [4.69, 9.17) is 16.1 Å². The predicted octanol–water partition coefficient (Wildman–Crippen LogP) is 4.88. The molecule has 0 aliphatic carbocycles. The zero-order valence-electron chi connectivity index (χ0n) is 16.3. The number of aromatic nitrogens is 5. The van der Waals surface area contributed by atoms with Crippen LogP contribution in [-0.4, -0.2) is 24.1 Å². The highest BCUT2D eigenvalue weighted by atomic mass is 35.5. The molecule has 0 aliphatic rings. The van der Waals surface area contributed by atoms with Crippen molar-refractivity contribution in [1.29, 1.82) is 0 Å². The van der Waals surface area contributed by atoms with E-state index in [1.807, 2.05) is 19.9 Å². The van der Waals surface area contributed by atoms with E-state index in [1.54, 1.807) is 21.1 Å². The lowest BCUT2D eigenvalue weighted by Crippen LogP contribution is -2.25.